The van der Waals surface area contributed by atoms with Gasteiger partial charge in [-0.25, -0.2) is 4.39 Å². The molecule has 0 atom stereocenters. The average Bonchev–Trinajstić information content (AvgIpc) is 2.49. The van der Waals surface area contributed by atoms with Crippen LogP contribution in [0.4, 0.5) is 4.39 Å². The molecule has 1 saturated carbocycles. The van der Waals surface area contributed by atoms with Gasteiger partial charge in [-0.1, -0.05) is 30.9 Å². The molecule has 110 valence electrons. The van der Waals surface area contributed by atoms with Crippen LogP contribution in [0.25, 0.3) is 0 Å². The summed E-state index contributed by atoms with van der Waals surface area (Å²) in [7, 11) is 0. The third-order valence-corrected chi connectivity index (χ3v) is 4.73. The SMILES string of the molecule is NCC1(c2c(F)c(Cl)cc3c2OCCO3)CCCCC1. The highest BCUT2D eigenvalue weighted by Crippen LogP contribution is 2.49. The van der Waals surface area contributed by atoms with Crippen molar-refractivity contribution >= 4 is 11.6 Å². The third-order valence-electron chi connectivity index (χ3n) is 4.46. The van der Waals surface area contributed by atoms with Crippen molar-refractivity contribution in [2.75, 3.05) is 19.8 Å². The van der Waals surface area contributed by atoms with Gasteiger partial charge >= 0.3 is 0 Å². The van der Waals surface area contributed by atoms with Crippen molar-refractivity contribution in [2.24, 2.45) is 5.73 Å². The number of rotatable bonds is 2. The van der Waals surface area contributed by atoms with Crippen molar-refractivity contribution < 1.29 is 13.9 Å². The molecular formula is C15H19ClFNO2. The molecule has 0 amide bonds. The molecule has 1 heterocycles. The van der Waals surface area contributed by atoms with Gasteiger partial charge in [0.15, 0.2) is 11.5 Å². The van der Waals surface area contributed by atoms with Crippen LogP contribution in [0.2, 0.25) is 5.02 Å². The molecule has 0 spiro atoms. The van der Waals surface area contributed by atoms with Crippen molar-refractivity contribution in [2.45, 2.75) is 37.5 Å². The summed E-state index contributed by atoms with van der Waals surface area (Å²) in [6.07, 6.45) is 5.02. The molecule has 20 heavy (non-hydrogen) atoms. The smallest absolute Gasteiger partial charge is 0.168 e. The fraction of sp³-hybridized carbons (Fsp3) is 0.600. The summed E-state index contributed by atoms with van der Waals surface area (Å²) in [5.41, 5.74) is 6.17. The van der Waals surface area contributed by atoms with Gasteiger partial charge in [0.25, 0.3) is 0 Å². The van der Waals surface area contributed by atoms with Gasteiger partial charge in [-0.2, -0.15) is 0 Å². The molecule has 1 aromatic carbocycles. The van der Waals surface area contributed by atoms with E-state index < -0.39 is 5.82 Å². The minimum Gasteiger partial charge on any atom is -0.486 e. The molecule has 0 radical (unpaired) electrons. The van der Waals surface area contributed by atoms with E-state index in [9.17, 15) is 4.39 Å². The first kappa shape index (κ1) is 14.0. The minimum atomic E-state index is -0.400. The summed E-state index contributed by atoms with van der Waals surface area (Å²) in [5.74, 6) is 0.643. The van der Waals surface area contributed by atoms with Crippen molar-refractivity contribution in [3.8, 4) is 11.5 Å². The first-order valence-corrected chi connectivity index (χ1v) is 7.54. The number of ether oxygens (including phenoxy) is 2. The fourth-order valence-corrected chi connectivity index (χ4v) is 3.58. The average molecular weight is 300 g/mol. The zero-order valence-electron chi connectivity index (χ0n) is 11.4. The Morgan fingerprint density at radius 2 is 1.90 bits per heavy atom. The third kappa shape index (κ3) is 2.15. The second-order valence-electron chi connectivity index (χ2n) is 5.62. The van der Waals surface area contributed by atoms with Crippen LogP contribution in [-0.4, -0.2) is 19.8 Å². The summed E-state index contributed by atoms with van der Waals surface area (Å²) in [4.78, 5) is 0. The van der Waals surface area contributed by atoms with Gasteiger partial charge in [-0.05, 0) is 12.8 Å². The molecule has 0 saturated heterocycles. The molecule has 1 aliphatic heterocycles. The Labute approximate surface area is 123 Å². The molecule has 3 nitrogen and oxygen atoms in total. The molecule has 2 aliphatic rings. The molecule has 3 rings (SSSR count). The molecule has 1 aliphatic carbocycles. The van der Waals surface area contributed by atoms with E-state index in [1.165, 1.54) is 12.5 Å². The largest absolute Gasteiger partial charge is 0.486 e. The van der Waals surface area contributed by atoms with Crippen LogP contribution >= 0.6 is 11.6 Å². The number of hydrogen-bond acceptors (Lipinski definition) is 3. The maximum absolute atomic E-state index is 14.7. The quantitative estimate of drug-likeness (QED) is 0.910. The standard InChI is InChI=1S/C15H19ClFNO2/c16-10-8-11-14(20-7-6-19-11)12(13(10)17)15(9-18)4-2-1-3-5-15/h8H,1-7,9,18H2. The van der Waals surface area contributed by atoms with Crippen LogP contribution in [0.3, 0.4) is 0 Å². The molecule has 0 bridgehead atoms. The highest BCUT2D eigenvalue weighted by Gasteiger charge is 2.40. The zero-order chi connectivity index (χ0) is 14.2. The lowest BCUT2D eigenvalue weighted by Crippen LogP contribution is -2.39. The van der Waals surface area contributed by atoms with Gasteiger partial charge in [0, 0.05) is 23.6 Å². The molecule has 5 heteroatoms. The lowest BCUT2D eigenvalue weighted by Gasteiger charge is -2.39. The van der Waals surface area contributed by atoms with Crippen LogP contribution in [-0.2, 0) is 5.41 Å². The van der Waals surface area contributed by atoms with E-state index in [2.05, 4.69) is 0 Å². The normalized spacial score (nSPS) is 20.8. The molecule has 0 unspecified atom stereocenters. The van der Waals surface area contributed by atoms with Gasteiger partial charge in [0.2, 0.25) is 0 Å². The highest BCUT2D eigenvalue weighted by molar-refractivity contribution is 6.31. The Morgan fingerprint density at radius 1 is 1.20 bits per heavy atom. The molecule has 1 aromatic rings. The summed E-state index contributed by atoms with van der Waals surface area (Å²) in [5, 5.41) is 0.0858. The van der Waals surface area contributed by atoms with E-state index in [-0.39, 0.29) is 10.4 Å². The minimum absolute atomic E-state index is 0.0858. The zero-order valence-corrected chi connectivity index (χ0v) is 12.1. The van der Waals surface area contributed by atoms with Crippen molar-refractivity contribution in [3.05, 3.63) is 22.5 Å². The van der Waals surface area contributed by atoms with Crippen molar-refractivity contribution in [1.29, 1.82) is 0 Å². The molecular weight excluding hydrogens is 281 g/mol. The topological polar surface area (TPSA) is 44.5 Å². The van der Waals surface area contributed by atoms with Gasteiger partial charge in [-0.3, -0.25) is 0 Å². The summed E-state index contributed by atoms with van der Waals surface area (Å²) in [6, 6.07) is 1.50. The maximum atomic E-state index is 14.7. The molecule has 1 fully saturated rings. The predicted molar refractivity (Wildman–Crippen MR) is 76.2 cm³/mol. The second kappa shape index (κ2) is 5.41. The van der Waals surface area contributed by atoms with E-state index in [4.69, 9.17) is 26.8 Å². The van der Waals surface area contributed by atoms with Crippen LogP contribution in [0, 0.1) is 5.82 Å². The Bertz CT molecular complexity index is 515. The molecule has 2 N–H and O–H groups in total. The Balaban J connectivity index is 2.17. The number of hydrogen-bond donors (Lipinski definition) is 1. The van der Waals surface area contributed by atoms with E-state index in [0.29, 0.717) is 36.8 Å². The van der Waals surface area contributed by atoms with E-state index in [1.54, 1.807) is 0 Å². The number of fused-ring (bicyclic) bond motifs is 1. The number of halogens is 2. The predicted octanol–water partition coefficient (Wildman–Crippen LogP) is 3.41. The van der Waals surface area contributed by atoms with E-state index in [0.717, 1.165) is 25.7 Å². The van der Waals surface area contributed by atoms with Crippen LogP contribution in [0.15, 0.2) is 6.07 Å². The Morgan fingerprint density at radius 3 is 2.60 bits per heavy atom. The van der Waals surface area contributed by atoms with Gasteiger partial charge in [0.05, 0.1) is 5.02 Å². The van der Waals surface area contributed by atoms with Gasteiger partial charge in [-0.15, -0.1) is 0 Å². The lowest BCUT2D eigenvalue weighted by atomic mass is 9.69. The number of nitrogens with two attached hydrogens (primary N) is 1. The van der Waals surface area contributed by atoms with E-state index in [1.807, 2.05) is 0 Å². The molecule has 0 aromatic heterocycles. The fourth-order valence-electron chi connectivity index (χ4n) is 3.39. The van der Waals surface area contributed by atoms with E-state index >= 15 is 0 Å². The van der Waals surface area contributed by atoms with Crippen LogP contribution < -0.4 is 15.2 Å². The van der Waals surface area contributed by atoms with Crippen molar-refractivity contribution in [3.63, 3.8) is 0 Å². The maximum Gasteiger partial charge on any atom is 0.168 e. The van der Waals surface area contributed by atoms with Gasteiger partial charge < -0.3 is 15.2 Å². The van der Waals surface area contributed by atoms with Crippen LogP contribution in [0.5, 0.6) is 11.5 Å². The van der Waals surface area contributed by atoms with Crippen LogP contribution in [0.1, 0.15) is 37.7 Å². The summed E-state index contributed by atoms with van der Waals surface area (Å²) >= 11 is 6.04. The monoisotopic (exact) mass is 299 g/mol. The lowest BCUT2D eigenvalue weighted by molar-refractivity contribution is 0.162. The second-order valence-corrected chi connectivity index (χ2v) is 6.02. The Hall–Kier alpha value is -1.00. The first-order valence-electron chi connectivity index (χ1n) is 7.16. The highest BCUT2D eigenvalue weighted by atomic mass is 35.5. The number of benzene rings is 1. The Kier molecular flexibility index (Phi) is 3.78. The van der Waals surface area contributed by atoms with Crippen molar-refractivity contribution in [1.82, 2.24) is 0 Å². The summed E-state index contributed by atoms with van der Waals surface area (Å²) < 4.78 is 25.9. The van der Waals surface area contributed by atoms with Gasteiger partial charge in [0.1, 0.15) is 19.0 Å². The summed E-state index contributed by atoms with van der Waals surface area (Å²) in [6.45, 7) is 1.30. The first-order chi connectivity index (χ1) is 9.68.